The van der Waals surface area contributed by atoms with Crippen LogP contribution in [0, 0.1) is 19.8 Å². The fraction of sp³-hybridized carbons (Fsp3) is 0.321. The zero-order valence-electron chi connectivity index (χ0n) is 20.0. The number of hydrogen-bond donors (Lipinski definition) is 1. The molecule has 1 aliphatic heterocycles. The minimum atomic E-state index is -0.0349. The van der Waals surface area contributed by atoms with Crippen LogP contribution in [0.4, 0.5) is 11.5 Å². The number of methoxy groups -OCH3 is 1. The van der Waals surface area contributed by atoms with Gasteiger partial charge in [-0.1, -0.05) is 35.9 Å². The Balaban J connectivity index is 1.36. The van der Waals surface area contributed by atoms with Gasteiger partial charge in [0.2, 0.25) is 5.91 Å². The molecule has 0 bridgehead atoms. The molecular formula is C28H31N3O3. The normalized spacial score (nSPS) is 14.0. The van der Waals surface area contributed by atoms with Gasteiger partial charge in [-0.25, -0.2) is 4.98 Å². The Morgan fingerprint density at radius 3 is 2.56 bits per heavy atom. The molecule has 176 valence electrons. The van der Waals surface area contributed by atoms with Gasteiger partial charge in [0.1, 0.15) is 11.6 Å². The van der Waals surface area contributed by atoms with Crippen molar-refractivity contribution in [3.05, 3.63) is 83.0 Å². The molecule has 1 aliphatic rings. The van der Waals surface area contributed by atoms with Crippen LogP contribution < -0.4 is 15.0 Å². The second-order valence-electron chi connectivity index (χ2n) is 8.88. The standard InChI is InChI=1S/C28H31N3O3/c1-19-8-9-24(20(2)16-19)30-28(33)21-11-14-31(15-12-21)27-18-22(10-13-29-27)25(32)17-23-6-4-5-7-26(23)34-3/h4-10,13,16,18,21H,11-12,14-15,17H2,1-3H3,(H,30,33). The maximum Gasteiger partial charge on any atom is 0.227 e. The molecule has 1 aromatic heterocycles. The number of pyridine rings is 1. The van der Waals surface area contributed by atoms with Gasteiger partial charge in [-0.15, -0.1) is 0 Å². The summed E-state index contributed by atoms with van der Waals surface area (Å²) in [5.41, 5.74) is 4.63. The first-order chi connectivity index (χ1) is 16.4. The van der Waals surface area contributed by atoms with Crippen molar-refractivity contribution >= 4 is 23.2 Å². The zero-order valence-corrected chi connectivity index (χ0v) is 20.0. The molecule has 0 spiro atoms. The van der Waals surface area contributed by atoms with Gasteiger partial charge in [0, 0.05) is 48.4 Å². The second kappa shape index (κ2) is 10.5. The predicted octanol–water partition coefficient (Wildman–Crippen LogP) is 4.99. The first kappa shape index (κ1) is 23.5. The third kappa shape index (κ3) is 5.45. The average molecular weight is 458 g/mol. The van der Waals surface area contributed by atoms with Crippen molar-refractivity contribution in [1.29, 1.82) is 0 Å². The number of rotatable bonds is 7. The Morgan fingerprint density at radius 2 is 1.82 bits per heavy atom. The Hall–Kier alpha value is -3.67. The first-order valence-corrected chi connectivity index (χ1v) is 11.7. The molecule has 4 rings (SSSR count). The van der Waals surface area contributed by atoms with Crippen LogP contribution in [0.15, 0.2) is 60.8 Å². The molecule has 6 nitrogen and oxygen atoms in total. The number of ketones is 1. The highest BCUT2D eigenvalue weighted by Crippen LogP contribution is 2.26. The summed E-state index contributed by atoms with van der Waals surface area (Å²) in [4.78, 5) is 32.4. The van der Waals surface area contributed by atoms with E-state index in [9.17, 15) is 9.59 Å². The smallest absolute Gasteiger partial charge is 0.227 e. The van der Waals surface area contributed by atoms with Crippen molar-refractivity contribution in [2.45, 2.75) is 33.1 Å². The van der Waals surface area contributed by atoms with E-state index in [2.05, 4.69) is 21.3 Å². The minimum absolute atomic E-state index is 0.0240. The van der Waals surface area contributed by atoms with Crippen LogP contribution in [0.3, 0.4) is 0 Å². The molecule has 1 saturated heterocycles. The summed E-state index contributed by atoms with van der Waals surface area (Å²) in [6.45, 7) is 5.51. The van der Waals surface area contributed by atoms with Crippen LogP contribution in [-0.4, -0.2) is 36.9 Å². The van der Waals surface area contributed by atoms with Crippen molar-refractivity contribution in [3.8, 4) is 5.75 Å². The van der Waals surface area contributed by atoms with Gasteiger partial charge in [0.15, 0.2) is 5.78 Å². The van der Waals surface area contributed by atoms with E-state index in [-0.39, 0.29) is 24.0 Å². The second-order valence-corrected chi connectivity index (χ2v) is 8.88. The number of Topliss-reactive ketones (excluding diaryl/α,β-unsaturated/α-hetero) is 1. The maximum atomic E-state index is 12.9. The lowest BCUT2D eigenvalue weighted by atomic mass is 9.95. The van der Waals surface area contributed by atoms with Gasteiger partial charge in [-0.2, -0.15) is 0 Å². The molecule has 2 heterocycles. The van der Waals surface area contributed by atoms with Crippen molar-refractivity contribution in [2.75, 3.05) is 30.4 Å². The van der Waals surface area contributed by atoms with Crippen LogP contribution in [-0.2, 0) is 11.2 Å². The largest absolute Gasteiger partial charge is 0.496 e. The van der Waals surface area contributed by atoms with Gasteiger partial charge in [0.25, 0.3) is 0 Å². The summed E-state index contributed by atoms with van der Waals surface area (Å²) >= 11 is 0. The van der Waals surface area contributed by atoms with Crippen LogP contribution in [0.1, 0.15) is 39.9 Å². The lowest BCUT2D eigenvalue weighted by molar-refractivity contribution is -0.120. The summed E-state index contributed by atoms with van der Waals surface area (Å²) in [6.07, 6.45) is 3.45. The zero-order chi connectivity index (χ0) is 24.1. The van der Waals surface area contributed by atoms with Crippen molar-refractivity contribution in [3.63, 3.8) is 0 Å². The number of ether oxygens (including phenoxy) is 1. The van der Waals surface area contributed by atoms with Crippen molar-refractivity contribution < 1.29 is 14.3 Å². The average Bonchev–Trinajstić information content (AvgIpc) is 2.86. The minimum Gasteiger partial charge on any atom is -0.496 e. The molecule has 1 fully saturated rings. The van der Waals surface area contributed by atoms with E-state index in [1.165, 1.54) is 5.56 Å². The Morgan fingerprint density at radius 1 is 1.06 bits per heavy atom. The van der Waals surface area contributed by atoms with Crippen LogP contribution >= 0.6 is 0 Å². The number of piperidine rings is 1. The molecular weight excluding hydrogens is 426 g/mol. The molecule has 1 N–H and O–H groups in total. The number of amides is 1. The fourth-order valence-corrected chi connectivity index (χ4v) is 4.45. The van der Waals surface area contributed by atoms with Crippen LogP contribution in [0.5, 0.6) is 5.75 Å². The molecule has 0 unspecified atom stereocenters. The molecule has 0 saturated carbocycles. The lowest BCUT2D eigenvalue weighted by Crippen LogP contribution is -2.38. The molecule has 6 heteroatoms. The number of nitrogens with one attached hydrogen (secondary N) is 1. The Kier molecular flexibility index (Phi) is 7.26. The molecule has 0 radical (unpaired) electrons. The monoisotopic (exact) mass is 457 g/mol. The highest BCUT2D eigenvalue weighted by Gasteiger charge is 2.26. The number of aryl methyl sites for hydroxylation is 2. The predicted molar refractivity (Wildman–Crippen MR) is 135 cm³/mol. The summed E-state index contributed by atoms with van der Waals surface area (Å²) in [6, 6.07) is 17.2. The topological polar surface area (TPSA) is 71.5 Å². The highest BCUT2D eigenvalue weighted by atomic mass is 16.5. The number of para-hydroxylation sites is 1. The molecule has 3 aromatic rings. The number of hydrogen-bond acceptors (Lipinski definition) is 5. The number of nitrogens with zero attached hydrogens (tertiary/aromatic N) is 2. The van der Waals surface area contributed by atoms with Gasteiger partial charge >= 0.3 is 0 Å². The van der Waals surface area contributed by atoms with Crippen molar-refractivity contribution in [1.82, 2.24) is 4.98 Å². The number of carbonyl (C=O) groups is 2. The van der Waals surface area contributed by atoms with E-state index in [1.54, 1.807) is 19.4 Å². The van der Waals surface area contributed by atoms with E-state index >= 15 is 0 Å². The molecule has 2 aromatic carbocycles. The SMILES string of the molecule is COc1ccccc1CC(=O)c1ccnc(N2CCC(C(=O)Nc3ccc(C)cc3C)CC2)c1. The Labute approximate surface area is 201 Å². The molecule has 0 aliphatic carbocycles. The van der Waals surface area contributed by atoms with E-state index in [0.717, 1.165) is 48.6 Å². The first-order valence-electron chi connectivity index (χ1n) is 11.7. The summed E-state index contributed by atoms with van der Waals surface area (Å²) in [5, 5.41) is 3.09. The third-order valence-electron chi connectivity index (χ3n) is 6.44. The number of benzene rings is 2. The van der Waals surface area contributed by atoms with E-state index < -0.39 is 0 Å². The molecule has 0 atom stereocenters. The fourth-order valence-electron chi connectivity index (χ4n) is 4.45. The third-order valence-corrected chi connectivity index (χ3v) is 6.44. The van der Waals surface area contributed by atoms with Gasteiger partial charge in [0.05, 0.1) is 7.11 Å². The van der Waals surface area contributed by atoms with Crippen LogP contribution in [0.25, 0.3) is 0 Å². The van der Waals surface area contributed by atoms with Gasteiger partial charge in [-0.3, -0.25) is 9.59 Å². The molecule has 34 heavy (non-hydrogen) atoms. The molecule has 1 amide bonds. The Bertz CT molecular complexity index is 1180. The van der Waals surface area contributed by atoms with Gasteiger partial charge < -0.3 is 15.0 Å². The maximum absolute atomic E-state index is 12.9. The number of aromatic nitrogens is 1. The highest BCUT2D eigenvalue weighted by molar-refractivity contribution is 5.98. The summed E-state index contributed by atoms with van der Waals surface area (Å²) in [5.74, 6) is 1.55. The van der Waals surface area contributed by atoms with Crippen molar-refractivity contribution in [2.24, 2.45) is 5.92 Å². The number of carbonyl (C=O) groups excluding carboxylic acids is 2. The van der Waals surface area contributed by atoms with E-state index in [4.69, 9.17) is 4.74 Å². The number of anilines is 2. The summed E-state index contributed by atoms with van der Waals surface area (Å²) < 4.78 is 5.37. The van der Waals surface area contributed by atoms with E-state index in [0.29, 0.717) is 11.3 Å². The van der Waals surface area contributed by atoms with Gasteiger partial charge in [-0.05, 0) is 56.5 Å². The summed E-state index contributed by atoms with van der Waals surface area (Å²) in [7, 11) is 1.61. The quantitative estimate of drug-likeness (QED) is 0.506. The van der Waals surface area contributed by atoms with E-state index in [1.807, 2.05) is 56.3 Å². The lowest BCUT2D eigenvalue weighted by Gasteiger charge is -2.32. The van der Waals surface area contributed by atoms with Crippen LogP contribution in [0.2, 0.25) is 0 Å².